The highest BCUT2D eigenvalue weighted by atomic mass is 19.1. The lowest BCUT2D eigenvalue weighted by Crippen LogP contribution is -2.31. The summed E-state index contributed by atoms with van der Waals surface area (Å²) in [7, 11) is 3.39. The number of rotatable bonds is 6. The molecule has 0 radical (unpaired) electrons. The van der Waals surface area contributed by atoms with Gasteiger partial charge >= 0.3 is 0 Å². The summed E-state index contributed by atoms with van der Waals surface area (Å²) in [5.41, 5.74) is 3.00. The zero-order chi connectivity index (χ0) is 21.1. The molecule has 30 heavy (non-hydrogen) atoms. The summed E-state index contributed by atoms with van der Waals surface area (Å²) in [6.07, 6.45) is 4.05. The molecule has 4 rings (SSSR count). The highest BCUT2D eigenvalue weighted by Crippen LogP contribution is 2.30. The molecule has 2 aromatic heterocycles. The molecule has 0 bridgehead atoms. The van der Waals surface area contributed by atoms with Crippen molar-refractivity contribution in [2.75, 3.05) is 30.9 Å². The fourth-order valence-electron chi connectivity index (χ4n) is 3.56. The number of aryl methyl sites for hydroxylation is 1. The van der Waals surface area contributed by atoms with Gasteiger partial charge in [-0.3, -0.25) is 9.78 Å². The van der Waals surface area contributed by atoms with Crippen LogP contribution in [0.15, 0.2) is 42.6 Å². The lowest BCUT2D eigenvalue weighted by atomic mass is 10.2. The first kappa shape index (κ1) is 19.8. The Bertz CT molecular complexity index is 1090. The van der Waals surface area contributed by atoms with Crippen molar-refractivity contribution in [1.29, 1.82) is 0 Å². The monoisotopic (exact) mass is 407 g/mol. The molecule has 3 aromatic rings. The van der Waals surface area contributed by atoms with E-state index in [1.807, 2.05) is 19.2 Å². The summed E-state index contributed by atoms with van der Waals surface area (Å²) >= 11 is 0. The fourth-order valence-corrected chi connectivity index (χ4v) is 3.56. The van der Waals surface area contributed by atoms with Gasteiger partial charge in [-0.25, -0.2) is 14.4 Å². The van der Waals surface area contributed by atoms with Crippen LogP contribution in [0, 0.1) is 5.82 Å². The SMILES string of the molecule is COc1cccc(NC(=O)CN(C)c2nc(-c3cc(F)ccn3)nc3c2CCC3)c1. The molecule has 0 saturated carbocycles. The van der Waals surface area contributed by atoms with Crippen molar-refractivity contribution < 1.29 is 13.9 Å². The summed E-state index contributed by atoms with van der Waals surface area (Å²) in [5, 5.41) is 2.87. The van der Waals surface area contributed by atoms with Crippen molar-refractivity contribution in [3.63, 3.8) is 0 Å². The van der Waals surface area contributed by atoms with E-state index < -0.39 is 5.82 Å². The van der Waals surface area contributed by atoms with Crippen molar-refractivity contribution in [3.05, 3.63) is 59.7 Å². The van der Waals surface area contributed by atoms with Crippen LogP contribution in [0.1, 0.15) is 17.7 Å². The number of nitrogens with one attached hydrogen (secondary N) is 1. The van der Waals surface area contributed by atoms with Crippen molar-refractivity contribution in [3.8, 4) is 17.3 Å². The summed E-state index contributed by atoms with van der Waals surface area (Å²) < 4.78 is 18.8. The van der Waals surface area contributed by atoms with Gasteiger partial charge in [0.05, 0.1) is 13.7 Å². The third kappa shape index (κ3) is 4.22. The van der Waals surface area contributed by atoms with Crippen molar-refractivity contribution in [2.24, 2.45) is 0 Å². The van der Waals surface area contributed by atoms with E-state index in [4.69, 9.17) is 4.74 Å². The number of amides is 1. The Morgan fingerprint density at radius 3 is 2.90 bits per heavy atom. The fraction of sp³-hybridized carbons (Fsp3) is 0.273. The molecule has 1 aromatic carbocycles. The molecule has 1 N–H and O–H groups in total. The van der Waals surface area contributed by atoms with Crippen LogP contribution in [0.25, 0.3) is 11.5 Å². The van der Waals surface area contributed by atoms with Crippen molar-refractivity contribution in [2.45, 2.75) is 19.3 Å². The zero-order valence-corrected chi connectivity index (χ0v) is 16.9. The van der Waals surface area contributed by atoms with E-state index >= 15 is 0 Å². The lowest BCUT2D eigenvalue weighted by molar-refractivity contribution is -0.114. The average molecular weight is 407 g/mol. The largest absolute Gasteiger partial charge is 0.497 e. The minimum Gasteiger partial charge on any atom is -0.497 e. The molecule has 0 aliphatic heterocycles. The molecule has 2 heterocycles. The minimum atomic E-state index is -0.392. The standard InChI is InChI=1S/C22H22FN5O2/c1-28(13-20(29)25-15-5-3-6-16(12-15)30-2)22-17-7-4-8-18(17)26-21(27-22)19-11-14(23)9-10-24-19/h3,5-6,9-12H,4,7-8,13H2,1-2H3,(H,25,29). The number of fused-ring (bicyclic) bond motifs is 1. The topological polar surface area (TPSA) is 80.2 Å². The Morgan fingerprint density at radius 2 is 2.10 bits per heavy atom. The first-order valence-electron chi connectivity index (χ1n) is 9.70. The highest BCUT2D eigenvalue weighted by Gasteiger charge is 2.23. The number of methoxy groups -OCH3 is 1. The molecule has 8 heteroatoms. The summed E-state index contributed by atoms with van der Waals surface area (Å²) in [5.74, 6) is 1.14. The van der Waals surface area contributed by atoms with Gasteiger partial charge in [-0.1, -0.05) is 6.07 Å². The van der Waals surface area contributed by atoms with E-state index in [-0.39, 0.29) is 12.5 Å². The van der Waals surface area contributed by atoms with Crippen LogP contribution >= 0.6 is 0 Å². The number of aromatic nitrogens is 3. The van der Waals surface area contributed by atoms with Gasteiger partial charge in [0.25, 0.3) is 0 Å². The molecular weight excluding hydrogens is 385 g/mol. The highest BCUT2D eigenvalue weighted by molar-refractivity contribution is 5.94. The van der Waals surface area contributed by atoms with Gasteiger partial charge in [-0.2, -0.15) is 0 Å². The predicted octanol–water partition coefficient (Wildman–Crippen LogP) is 3.25. The molecular formula is C22H22FN5O2. The van der Waals surface area contributed by atoms with E-state index in [1.54, 1.807) is 24.1 Å². The molecule has 0 fully saturated rings. The van der Waals surface area contributed by atoms with E-state index in [0.29, 0.717) is 28.8 Å². The molecule has 0 unspecified atom stereocenters. The zero-order valence-electron chi connectivity index (χ0n) is 16.9. The number of hydrogen-bond acceptors (Lipinski definition) is 6. The number of anilines is 2. The Hall–Kier alpha value is -3.55. The maximum Gasteiger partial charge on any atom is 0.243 e. The van der Waals surface area contributed by atoms with Gasteiger partial charge < -0.3 is 15.0 Å². The quantitative estimate of drug-likeness (QED) is 0.676. The number of halogens is 1. The second-order valence-corrected chi connectivity index (χ2v) is 7.15. The lowest BCUT2D eigenvalue weighted by Gasteiger charge is -2.21. The number of likely N-dealkylation sites (N-methyl/N-ethyl adjacent to an activating group) is 1. The van der Waals surface area contributed by atoms with Gasteiger partial charge in [-0.15, -0.1) is 0 Å². The molecule has 0 spiro atoms. The van der Waals surface area contributed by atoms with E-state index in [0.717, 1.165) is 30.5 Å². The Labute approximate surface area is 174 Å². The van der Waals surface area contributed by atoms with Crippen LogP contribution in [0.5, 0.6) is 5.75 Å². The number of pyridine rings is 1. The summed E-state index contributed by atoms with van der Waals surface area (Å²) in [6.45, 7) is 0.108. The third-order valence-electron chi connectivity index (χ3n) is 4.96. The summed E-state index contributed by atoms with van der Waals surface area (Å²) in [4.78, 5) is 27.8. The van der Waals surface area contributed by atoms with E-state index in [2.05, 4.69) is 20.3 Å². The average Bonchev–Trinajstić information content (AvgIpc) is 3.21. The van der Waals surface area contributed by atoms with Crippen LogP contribution in [-0.4, -0.2) is 41.6 Å². The molecule has 7 nitrogen and oxygen atoms in total. The smallest absolute Gasteiger partial charge is 0.243 e. The van der Waals surface area contributed by atoms with Gasteiger partial charge in [-0.05, 0) is 37.5 Å². The van der Waals surface area contributed by atoms with Crippen LogP contribution in [0.3, 0.4) is 0 Å². The van der Waals surface area contributed by atoms with Crippen LogP contribution in [-0.2, 0) is 17.6 Å². The third-order valence-corrected chi connectivity index (χ3v) is 4.96. The molecule has 0 saturated heterocycles. The Balaban J connectivity index is 1.57. The Morgan fingerprint density at radius 1 is 1.23 bits per heavy atom. The normalized spacial score (nSPS) is 12.4. The van der Waals surface area contributed by atoms with Crippen molar-refractivity contribution in [1.82, 2.24) is 15.0 Å². The van der Waals surface area contributed by atoms with E-state index in [9.17, 15) is 9.18 Å². The maximum atomic E-state index is 13.7. The second kappa shape index (κ2) is 8.44. The molecule has 1 aliphatic carbocycles. The van der Waals surface area contributed by atoms with Crippen LogP contribution < -0.4 is 15.0 Å². The number of benzene rings is 1. The van der Waals surface area contributed by atoms with Crippen molar-refractivity contribution >= 4 is 17.4 Å². The molecule has 1 aliphatic rings. The minimum absolute atomic E-state index is 0.108. The van der Waals surface area contributed by atoms with Crippen LogP contribution in [0.2, 0.25) is 0 Å². The second-order valence-electron chi connectivity index (χ2n) is 7.15. The Kier molecular flexibility index (Phi) is 5.56. The van der Waals surface area contributed by atoms with Gasteiger partial charge in [0, 0.05) is 42.3 Å². The van der Waals surface area contributed by atoms with Crippen LogP contribution in [0.4, 0.5) is 15.9 Å². The first-order valence-corrected chi connectivity index (χ1v) is 9.70. The number of carbonyl (C=O) groups excluding carboxylic acids is 1. The van der Waals surface area contributed by atoms with E-state index in [1.165, 1.54) is 18.3 Å². The molecule has 1 amide bonds. The number of hydrogen-bond donors (Lipinski definition) is 1. The predicted molar refractivity (Wildman–Crippen MR) is 112 cm³/mol. The molecule has 0 atom stereocenters. The maximum absolute atomic E-state index is 13.7. The summed E-state index contributed by atoms with van der Waals surface area (Å²) in [6, 6.07) is 9.79. The molecule has 154 valence electrons. The van der Waals surface area contributed by atoms with Gasteiger partial charge in [0.2, 0.25) is 5.91 Å². The van der Waals surface area contributed by atoms with Gasteiger partial charge in [0.15, 0.2) is 5.82 Å². The number of nitrogens with zero attached hydrogens (tertiary/aromatic N) is 4. The van der Waals surface area contributed by atoms with Gasteiger partial charge in [0.1, 0.15) is 23.1 Å². The number of carbonyl (C=O) groups is 1. The number of ether oxygens (including phenoxy) is 1. The first-order chi connectivity index (χ1) is 14.5.